The first kappa shape index (κ1) is 19.4. The molecule has 1 heterocycles. The lowest BCUT2D eigenvalue weighted by atomic mass is 10.2. The molecule has 9 heteroatoms. The molecule has 144 valence electrons. The Kier molecular flexibility index (Phi) is 5.52. The number of anilines is 2. The molecule has 1 aliphatic rings. The number of hydrogen-bond donors (Lipinski definition) is 2. The van der Waals surface area contributed by atoms with Gasteiger partial charge in [-0.1, -0.05) is 6.92 Å². The second-order valence-electron chi connectivity index (χ2n) is 6.03. The molecule has 3 rings (SSSR count). The second kappa shape index (κ2) is 7.69. The summed E-state index contributed by atoms with van der Waals surface area (Å²) in [5, 5.41) is 2.79. The molecule has 27 heavy (non-hydrogen) atoms. The number of carbonyl (C=O) groups excluding carboxylic acids is 1. The number of amides is 1. The molecule has 0 saturated carbocycles. The molecule has 7 nitrogen and oxygen atoms in total. The third kappa shape index (κ3) is 4.14. The van der Waals surface area contributed by atoms with E-state index in [0.29, 0.717) is 28.6 Å². The van der Waals surface area contributed by atoms with Crippen LogP contribution in [0.3, 0.4) is 0 Å². The second-order valence-corrected chi connectivity index (χ2v) is 8.78. The first-order chi connectivity index (χ1) is 12.8. The summed E-state index contributed by atoms with van der Waals surface area (Å²) in [4.78, 5) is 12.9. The normalized spacial score (nSPS) is 16.7. The number of carbonyl (C=O) groups is 1. The van der Waals surface area contributed by atoms with E-state index < -0.39 is 10.0 Å². The number of ether oxygens (including phenoxy) is 2. The zero-order valence-electron chi connectivity index (χ0n) is 15.1. The van der Waals surface area contributed by atoms with Crippen LogP contribution in [0, 0.1) is 5.92 Å². The highest BCUT2D eigenvalue weighted by atomic mass is 32.2. The third-order valence-electron chi connectivity index (χ3n) is 4.11. The van der Waals surface area contributed by atoms with Crippen LogP contribution in [0.5, 0.6) is 11.5 Å². The Bertz CT molecular complexity index is 976. The van der Waals surface area contributed by atoms with Gasteiger partial charge >= 0.3 is 0 Å². The molecule has 1 amide bonds. The maximum Gasteiger partial charge on any atom is 0.262 e. The minimum atomic E-state index is -3.87. The van der Waals surface area contributed by atoms with Gasteiger partial charge in [0.1, 0.15) is 11.5 Å². The van der Waals surface area contributed by atoms with Crippen molar-refractivity contribution in [2.75, 3.05) is 30.0 Å². The molecule has 0 bridgehead atoms. The first-order valence-electron chi connectivity index (χ1n) is 8.16. The minimum Gasteiger partial charge on any atom is -0.497 e. The fourth-order valence-corrected chi connectivity index (χ4v) is 4.64. The minimum absolute atomic E-state index is 0.0505. The number of fused-ring (bicyclic) bond motifs is 1. The number of benzene rings is 2. The summed E-state index contributed by atoms with van der Waals surface area (Å²) < 4.78 is 38.5. The van der Waals surface area contributed by atoms with E-state index in [1.807, 2.05) is 6.92 Å². The van der Waals surface area contributed by atoms with Gasteiger partial charge in [-0.3, -0.25) is 9.52 Å². The number of nitrogens with one attached hydrogen (secondary N) is 2. The van der Waals surface area contributed by atoms with Crippen LogP contribution >= 0.6 is 11.8 Å². The van der Waals surface area contributed by atoms with Crippen molar-refractivity contribution in [1.29, 1.82) is 0 Å². The van der Waals surface area contributed by atoms with Gasteiger partial charge in [0.15, 0.2) is 0 Å². The maximum absolute atomic E-state index is 12.8. The molecule has 0 spiro atoms. The number of hydrogen-bond acceptors (Lipinski definition) is 6. The predicted octanol–water partition coefficient (Wildman–Crippen LogP) is 3.18. The van der Waals surface area contributed by atoms with Gasteiger partial charge in [0.05, 0.1) is 30.5 Å². The summed E-state index contributed by atoms with van der Waals surface area (Å²) in [7, 11) is -0.911. The average molecular weight is 409 g/mol. The van der Waals surface area contributed by atoms with E-state index in [-0.39, 0.29) is 16.7 Å². The van der Waals surface area contributed by atoms with E-state index in [1.165, 1.54) is 38.1 Å². The molecule has 0 aliphatic carbocycles. The maximum atomic E-state index is 12.8. The fourth-order valence-electron chi connectivity index (χ4n) is 2.53. The van der Waals surface area contributed by atoms with Crippen LogP contribution in [-0.4, -0.2) is 34.3 Å². The topological polar surface area (TPSA) is 93.7 Å². The SMILES string of the molecule is COc1ccc(NS(=O)(=O)c2ccc3c(c2)NC(=O)[C@@H](C)CS3)c(OC)c1. The highest BCUT2D eigenvalue weighted by Crippen LogP contribution is 2.35. The molecule has 0 fully saturated rings. The Balaban J connectivity index is 1.92. The number of methoxy groups -OCH3 is 2. The zero-order chi connectivity index (χ0) is 19.6. The van der Waals surface area contributed by atoms with Gasteiger partial charge < -0.3 is 14.8 Å². The van der Waals surface area contributed by atoms with Crippen LogP contribution in [0.4, 0.5) is 11.4 Å². The van der Waals surface area contributed by atoms with Crippen LogP contribution in [0.1, 0.15) is 6.92 Å². The van der Waals surface area contributed by atoms with Crippen molar-refractivity contribution in [3.8, 4) is 11.5 Å². The Morgan fingerprint density at radius 2 is 1.93 bits per heavy atom. The van der Waals surface area contributed by atoms with Gasteiger partial charge in [-0.15, -0.1) is 11.8 Å². The lowest BCUT2D eigenvalue weighted by Gasteiger charge is -2.14. The molecular weight excluding hydrogens is 388 g/mol. The Hall–Kier alpha value is -2.39. The first-order valence-corrected chi connectivity index (χ1v) is 10.6. The van der Waals surface area contributed by atoms with Crippen LogP contribution < -0.4 is 19.5 Å². The molecule has 0 saturated heterocycles. The molecule has 2 aromatic carbocycles. The van der Waals surface area contributed by atoms with E-state index in [0.717, 1.165) is 4.90 Å². The van der Waals surface area contributed by atoms with Crippen molar-refractivity contribution in [2.24, 2.45) is 5.92 Å². The standard InChI is InChI=1S/C18H20N2O5S2/c1-11-10-26-17-7-5-13(9-15(17)19-18(11)21)27(22,23)20-14-6-4-12(24-2)8-16(14)25-3/h4-9,11,20H,10H2,1-3H3,(H,19,21)/t11-/m0/s1. The van der Waals surface area contributed by atoms with E-state index >= 15 is 0 Å². The van der Waals surface area contributed by atoms with Gasteiger partial charge in [-0.05, 0) is 30.3 Å². The predicted molar refractivity (Wildman–Crippen MR) is 105 cm³/mol. The van der Waals surface area contributed by atoms with Crippen molar-refractivity contribution in [1.82, 2.24) is 0 Å². The van der Waals surface area contributed by atoms with Crippen LogP contribution in [0.25, 0.3) is 0 Å². The molecule has 0 radical (unpaired) electrons. The van der Waals surface area contributed by atoms with Gasteiger partial charge in [0.2, 0.25) is 5.91 Å². The molecule has 1 aliphatic heterocycles. The van der Waals surface area contributed by atoms with E-state index in [4.69, 9.17) is 9.47 Å². The van der Waals surface area contributed by atoms with Gasteiger partial charge in [0, 0.05) is 22.6 Å². The lowest BCUT2D eigenvalue weighted by molar-refractivity contribution is -0.118. The van der Waals surface area contributed by atoms with E-state index in [2.05, 4.69) is 10.0 Å². The number of rotatable bonds is 5. The summed E-state index contributed by atoms with van der Waals surface area (Å²) in [5.41, 5.74) is 0.791. The van der Waals surface area contributed by atoms with Crippen molar-refractivity contribution in [3.63, 3.8) is 0 Å². The monoisotopic (exact) mass is 408 g/mol. The Morgan fingerprint density at radius 1 is 1.15 bits per heavy atom. The molecule has 2 aromatic rings. The smallest absolute Gasteiger partial charge is 0.262 e. The summed E-state index contributed by atoms with van der Waals surface area (Å²) in [6.45, 7) is 1.84. The summed E-state index contributed by atoms with van der Waals surface area (Å²) in [6.07, 6.45) is 0. The summed E-state index contributed by atoms with van der Waals surface area (Å²) in [6, 6.07) is 9.49. The van der Waals surface area contributed by atoms with Gasteiger partial charge in [-0.2, -0.15) is 0 Å². The molecule has 0 unspecified atom stereocenters. The zero-order valence-corrected chi connectivity index (χ0v) is 16.7. The molecule has 0 aromatic heterocycles. The highest BCUT2D eigenvalue weighted by molar-refractivity contribution is 7.99. The number of thioether (sulfide) groups is 1. The molecule has 2 N–H and O–H groups in total. The van der Waals surface area contributed by atoms with Crippen molar-refractivity contribution in [3.05, 3.63) is 36.4 Å². The third-order valence-corrected chi connectivity index (χ3v) is 6.81. The van der Waals surface area contributed by atoms with Crippen molar-refractivity contribution in [2.45, 2.75) is 16.7 Å². The van der Waals surface area contributed by atoms with E-state index in [9.17, 15) is 13.2 Å². The van der Waals surface area contributed by atoms with Gasteiger partial charge in [-0.25, -0.2) is 8.42 Å². The molecular formula is C18H20N2O5S2. The van der Waals surface area contributed by atoms with E-state index in [1.54, 1.807) is 24.3 Å². The summed E-state index contributed by atoms with van der Waals surface area (Å²) >= 11 is 1.52. The summed E-state index contributed by atoms with van der Waals surface area (Å²) in [5.74, 6) is 1.26. The number of sulfonamides is 1. The van der Waals surface area contributed by atoms with Gasteiger partial charge in [0.25, 0.3) is 10.0 Å². The van der Waals surface area contributed by atoms with Crippen molar-refractivity contribution >= 4 is 39.1 Å². The quantitative estimate of drug-likeness (QED) is 0.789. The van der Waals surface area contributed by atoms with Crippen LogP contribution in [-0.2, 0) is 14.8 Å². The molecule has 1 atom stereocenters. The van der Waals surface area contributed by atoms with Crippen molar-refractivity contribution < 1.29 is 22.7 Å². The fraction of sp³-hybridized carbons (Fsp3) is 0.278. The Labute approximate surface area is 162 Å². The van der Waals surface area contributed by atoms with Crippen LogP contribution in [0.2, 0.25) is 0 Å². The Morgan fingerprint density at radius 3 is 2.63 bits per heavy atom. The lowest BCUT2D eigenvalue weighted by Crippen LogP contribution is -2.20. The average Bonchev–Trinajstić information content (AvgIpc) is 2.80. The van der Waals surface area contributed by atoms with Crippen LogP contribution in [0.15, 0.2) is 46.2 Å². The highest BCUT2D eigenvalue weighted by Gasteiger charge is 2.23. The largest absolute Gasteiger partial charge is 0.497 e.